The molecule has 2 aliphatic heterocycles. The summed E-state index contributed by atoms with van der Waals surface area (Å²) in [6.45, 7) is 2.98. The Hall–Kier alpha value is -1.97. The number of carbonyl (C=O) groups excluding carboxylic acids is 2. The smallest absolute Gasteiger partial charge is 0.222 e. The highest BCUT2D eigenvalue weighted by molar-refractivity contribution is 7.88. The Morgan fingerprint density at radius 3 is 2.50 bits per heavy atom. The van der Waals surface area contributed by atoms with Crippen LogP contribution in [0, 0.1) is 0 Å². The van der Waals surface area contributed by atoms with Gasteiger partial charge in [-0.1, -0.05) is 24.3 Å². The molecule has 0 unspecified atom stereocenters. The number of benzene rings is 1. The topological polar surface area (TPSA) is 96.0 Å². The Morgan fingerprint density at radius 2 is 1.82 bits per heavy atom. The van der Waals surface area contributed by atoms with Gasteiger partial charge in [-0.15, -0.1) is 0 Å². The fourth-order valence-corrected chi connectivity index (χ4v) is 5.01. The highest BCUT2D eigenvalue weighted by Crippen LogP contribution is 2.17. The molecule has 154 valence electrons. The van der Waals surface area contributed by atoms with Gasteiger partial charge in [0.2, 0.25) is 21.8 Å². The number of rotatable bonds is 8. The Balaban J connectivity index is 1.54. The quantitative estimate of drug-likeness (QED) is 0.674. The largest absolute Gasteiger partial charge is 0.379 e. The SMILES string of the molecule is O=C(CCN1CCCC1=O)NCc1ccccc1CS(=O)(=O)N1CCOCC1. The minimum atomic E-state index is -3.43. The first-order valence-corrected chi connectivity index (χ1v) is 11.2. The normalized spacial score (nSPS) is 18.4. The van der Waals surface area contributed by atoms with Crippen LogP contribution in [0.2, 0.25) is 0 Å². The Bertz CT molecular complexity index is 806. The molecule has 9 heteroatoms. The van der Waals surface area contributed by atoms with Gasteiger partial charge in [0.05, 0.1) is 19.0 Å². The van der Waals surface area contributed by atoms with Gasteiger partial charge in [-0.2, -0.15) is 4.31 Å². The van der Waals surface area contributed by atoms with E-state index in [1.807, 2.05) is 12.1 Å². The lowest BCUT2D eigenvalue weighted by atomic mass is 10.1. The molecule has 1 aromatic carbocycles. The molecule has 1 N–H and O–H groups in total. The Labute approximate surface area is 165 Å². The van der Waals surface area contributed by atoms with E-state index in [-0.39, 0.29) is 30.5 Å². The van der Waals surface area contributed by atoms with Crippen molar-refractivity contribution in [2.75, 3.05) is 39.4 Å². The molecule has 8 nitrogen and oxygen atoms in total. The second kappa shape index (κ2) is 9.49. The molecular weight excluding hydrogens is 382 g/mol. The fourth-order valence-electron chi connectivity index (χ4n) is 3.44. The Morgan fingerprint density at radius 1 is 1.11 bits per heavy atom. The summed E-state index contributed by atoms with van der Waals surface area (Å²) < 4.78 is 32.0. The summed E-state index contributed by atoms with van der Waals surface area (Å²) in [5.41, 5.74) is 1.47. The van der Waals surface area contributed by atoms with Crippen molar-refractivity contribution in [3.63, 3.8) is 0 Å². The number of hydrogen-bond donors (Lipinski definition) is 1. The summed E-state index contributed by atoms with van der Waals surface area (Å²) >= 11 is 0. The number of likely N-dealkylation sites (tertiary alicyclic amines) is 1. The van der Waals surface area contributed by atoms with E-state index < -0.39 is 10.0 Å². The van der Waals surface area contributed by atoms with Crippen molar-refractivity contribution < 1.29 is 22.7 Å². The molecule has 0 bridgehead atoms. The molecule has 0 aromatic heterocycles. The highest BCUT2D eigenvalue weighted by atomic mass is 32.2. The van der Waals surface area contributed by atoms with Crippen molar-refractivity contribution in [2.24, 2.45) is 0 Å². The number of carbonyl (C=O) groups is 2. The van der Waals surface area contributed by atoms with E-state index >= 15 is 0 Å². The van der Waals surface area contributed by atoms with Crippen molar-refractivity contribution in [2.45, 2.75) is 31.6 Å². The van der Waals surface area contributed by atoms with Crippen LogP contribution in [-0.2, 0) is 36.6 Å². The summed E-state index contributed by atoms with van der Waals surface area (Å²) in [7, 11) is -3.43. The van der Waals surface area contributed by atoms with Gasteiger partial charge >= 0.3 is 0 Å². The van der Waals surface area contributed by atoms with Crippen LogP contribution >= 0.6 is 0 Å². The van der Waals surface area contributed by atoms with Crippen LogP contribution in [-0.4, -0.2) is 68.8 Å². The van der Waals surface area contributed by atoms with Crippen LogP contribution < -0.4 is 5.32 Å². The van der Waals surface area contributed by atoms with Crippen molar-refractivity contribution in [1.82, 2.24) is 14.5 Å². The van der Waals surface area contributed by atoms with Gasteiger partial charge in [-0.05, 0) is 17.5 Å². The van der Waals surface area contributed by atoms with Gasteiger partial charge in [0.15, 0.2) is 0 Å². The molecule has 28 heavy (non-hydrogen) atoms. The summed E-state index contributed by atoms with van der Waals surface area (Å²) in [4.78, 5) is 25.4. The number of hydrogen-bond acceptors (Lipinski definition) is 5. The molecule has 2 aliphatic rings. The third-order valence-corrected chi connectivity index (χ3v) is 6.90. The third-order valence-electron chi connectivity index (χ3n) is 5.08. The lowest BCUT2D eigenvalue weighted by Gasteiger charge is -2.26. The molecule has 2 saturated heterocycles. The first kappa shape index (κ1) is 20.8. The number of ether oxygens (including phenoxy) is 1. The van der Waals surface area contributed by atoms with E-state index in [2.05, 4.69) is 5.32 Å². The van der Waals surface area contributed by atoms with E-state index in [0.29, 0.717) is 51.4 Å². The first-order valence-electron chi connectivity index (χ1n) is 9.62. The standard InChI is InChI=1S/C19H27N3O5S/c23-18(7-9-21-8-3-6-19(21)24)20-14-16-4-1-2-5-17(16)15-28(25,26)22-10-12-27-13-11-22/h1-2,4-5H,3,6-15H2,(H,20,23). The first-order chi connectivity index (χ1) is 13.5. The zero-order valence-corrected chi connectivity index (χ0v) is 16.7. The average Bonchev–Trinajstić information content (AvgIpc) is 3.11. The number of amides is 2. The van der Waals surface area contributed by atoms with Gasteiger partial charge in [0.25, 0.3) is 0 Å². The van der Waals surface area contributed by atoms with E-state index in [1.165, 1.54) is 4.31 Å². The molecule has 2 fully saturated rings. The third kappa shape index (κ3) is 5.52. The zero-order valence-electron chi connectivity index (χ0n) is 15.9. The minimum absolute atomic E-state index is 0.0959. The van der Waals surface area contributed by atoms with Gasteiger partial charge < -0.3 is 15.0 Å². The molecular formula is C19H27N3O5S. The summed E-state index contributed by atoms with van der Waals surface area (Å²) in [5.74, 6) is -0.140. The van der Waals surface area contributed by atoms with Crippen molar-refractivity contribution >= 4 is 21.8 Å². The lowest BCUT2D eigenvalue weighted by molar-refractivity contribution is -0.128. The van der Waals surface area contributed by atoms with Crippen LogP contribution in [0.25, 0.3) is 0 Å². The van der Waals surface area contributed by atoms with Crippen molar-refractivity contribution in [3.05, 3.63) is 35.4 Å². The average molecular weight is 410 g/mol. The molecule has 2 heterocycles. The summed E-state index contributed by atoms with van der Waals surface area (Å²) in [6, 6.07) is 7.24. The molecule has 0 atom stereocenters. The predicted molar refractivity (Wildman–Crippen MR) is 104 cm³/mol. The second-order valence-electron chi connectivity index (χ2n) is 7.05. The zero-order chi connectivity index (χ0) is 20.0. The number of sulfonamides is 1. The van der Waals surface area contributed by atoms with Crippen LogP contribution in [0.5, 0.6) is 0 Å². The van der Waals surface area contributed by atoms with Gasteiger partial charge in [0, 0.05) is 45.6 Å². The number of nitrogens with one attached hydrogen (secondary N) is 1. The molecule has 3 rings (SSSR count). The monoisotopic (exact) mass is 409 g/mol. The summed E-state index contributed by atoms with van der Waals surface area (Å²) in [5, 5.41) is 2.84. The van der Waals surface area contributed by atoms with E-state index in [9.17, 15) is 18.0 Å². The van der Waals surface area contributed by atoms with Crippen molar-refractivity contribution in [1.29, 1.82) is 0 Å². The van der Waals surface area contributed by atoms with E-state index in [1.54, 1.807) is 17.0 Å². The molecule has 0 radical (unpaired) electrons. The molecule has 0 aliphatic carbocycles. The van der Waals surface area contributed by atoms with Crippen LogP contribution in [0.15, 0.2) is 24.3 Å². The highest BCUT2D eigenvalue weighted by Gasteiger charge is 2.25. The summed E-state index contributed by atoms with van der Waals surface area (Å²) in [6.07, 6.45) is 1.66. The van der Waals surface area contributed by atoms with Crippen LogP contribution in [0.3, 0.4) is 0 Å². The van der Waals surface area contributed by atoms with Gasteiger partial charge in [-0.3, -0.25) is 9.59 Å². The van der Waals surface area contributed by atoms with Crippen LogP contribution in [0.1, 0.15) is 30.4 Å². The Kier molecular flexibility index (Phi) is 7.03. The lowest BCUT2D eigenvalue weighted by Crippen LogP contribution is -2.41. The maximum absolute atomic E-state index is 12.7. The van der Waals surface area contributed by atoms with E-state index in [4.69, 9.17) is 4.74 Å². The number of nitrogens with zero attached hydrogens (tertiary/aromatic N) is 2. The predicted octanol–water partition coefficient (Wildman–Crippen LogP) is 0.477. The molecule has 1 aromatic rings. The maximum atomic E-state index is 12.7. The van der Waals surface area contributed by atoms with Crippen LogP contribution in [0.4, 0.5) is 0 Å². The molecule has 2 amide bonds. The van der Waals surface area contributed by atoms with Crippen molar-refractivity contribution in [3.8, 4) is 0 Å². The minimum Gasteiger partial charge on any atom is -0.379 e. The van der Waals surface area contributed by atoms with Gasteiger partial charge in [-0.25, -0.2) is 8.42 Å². The van der Waals surface area contributed by atoms with E-state index in [0.717, 1.165) is 12.0 Å². The number of morpholine rings is 1. The fraction of sp³-hybridized carbons (Fsp3) is 0.579. The maximum Gasteiger partial charge on any atom is 0.222 e. The van der Waals surface area contributed by atoms with Gasteiger partial charge in [0.1, 0.15) is 0 Å². The molecule has 0 spiro atoms. The second-order valence-corrected chi connectivity index (χ2v) is 9.02. The molecule has 0 saturated carbocycles.